The predicted molar refractivity (Wildman–Crippen MR) is 89.8 cm³/mol. The SMILES string of the molecule is C=CCN(CC(=O)Nc1ccccc1F)Cc1ccc(Cl)s1. The maximum Gasteiger partial charge on any atom is 0.238 e. The van der Waals surface area contributed by atoms with Crippen LogP contribution in [0.5, 0.6) is 0 Å². The fraction of sp³-hybridized carbons (Fsp3) is 0.188. The number of carbonyl (C=O) groups is 1. The molecule has 2 rings (SSSR count). The maximum atomic E-state index is 13.5. The molecule has 1 amide bonds. The van der Waals surface area contributed by atoms with Crippen LogP contribution in [0.4, 0.5) is 10.1 Å². The molecule has 116 valence electrons. The van der Waals surface area contributed by atoms with Crippen molar-refractivity contribution in [3.8, 4) is 0 Å². The smallest absolute Gasteiger partial charge is 0.238 e. The fourth-order valence-electron chi connectivity index (χ4n) is 1.98. The van der Waals surface area contributed by atoms with E-state index in [2.05, 4.69) is 11.9 Å². The zero-order chi connectivity index (χ0) is 15.9. The van der Waals surface area contributed by atoms with Crippen molar-refractivity contribution in [1.82, 2.24) is 4.90 Å². The van der Waals surface area contributed by atoms with Crippen LogP contribution >= 0.6 is 22.9 Å². The van der Waals surface area contributed by atoms with Gasteiger partial charge in [0.25, 0.3) is 0 Å². The van der Waals surface area contributed by atoms with Gasteiger partial charge in [0.1, 0.15) is 5.82 Å². The number of hydrogen-bond acceptors (Lipinski definition) is 3. The highest BCUT2D eigenvalue weighted by Crippen LogP contribution is 2.22. The second-order valence-corrected chi connectivity index (χ2v) is 6.49. The summed E-state index contributed by atoms with van der Waals surface area (Å²) in [5, 5.41) is 2.58. The summed E-state index contributed by atoms with van der Waals surface area (Å²) in [5.41, 5.74) is 0.185. The molecule has 0 fully saturated rings. The Morgan fingerprint density at radius 2 is 2.14 bits per heavy atom. The van der Waals surface area contributed by atoms with Crippen LogP contribution in [0.15, 0.2) is 49.1 Å². The molecule has 0 radical (unpaired) electrons. The summed E-state index contributed by atoms with van der Waals surface area (Å²) in [7, 11) is 0. The summed E-state index contributed by atoms with van der Waals surface area (Å²) in [5.74, 6) is -0.717. The number of thiophene rings is 1. The Morgan fingerprint density at radius 3 is 2.77 bits per heavy atom. The number of para-hydroxylation sites is 1. The van der Waals surface area contributed by atoms with E-state index in [1.807, 2.05) is 17.0 Å². The van der Waals surface area contributed by atoms with Crippen LogP contribution in [0.25, 0.3) is 0 Å². The molecule has 0 saturated carbocycles. The first-order valence-corrected chi connectivity index (χ1v) is 7.90. The molecule has 1 N–H and O–H groups in total. The molecule has 3 nitrogen and oxygen atoms in total. The largest absolute Gasteiger partial charge is 0.322 e. The first kappa shape index (κ1) is 16.7. The minimum atomic E-state index is -0.448. The first-order chi connectivity index (χ1) is 10.6. The van der Waals surface area contributed by atoms with Crippen molar-refractivity contribution in [2.45, 2.75) is 6.54 Å². The zero-order valence-electron chi connectivity index (χ0n) is 11.9. The fourth-order valence-corrected chi connectivity index (χ4v) is 3.11. The topological polar surface area (TPSA) is 32.3 Å². The summed E-state index contributed by atoms with van der Waals surface area (Å²) in [6.45, 7) is 4.99. The van der Waals surface area contributed by atoms with Crippen molar-refractivity contribution in [2.75, 3.05) is 18.4 Å². The van der Waals surface area contributed by atoms with E-state index in [9.17, 15) is 9.18 Å². The molecule has 22 heavy (non-hydrogen) atoms. The van der Waals surface area contributed by atoms with Crippen LogP contribution < -0.4 is 5.32 Å². The lowest BCUT2D eigenvalue weighted by molar-refractivity contribution is -0.117. The third kappa shape index (κ3) is 4.94. The van der Waals surface area contributed by atoms with Crippen LogP contribution in [0.1, 0.15) is 4.88 Å². The van der Waals surface area contributed by atoms with Crippen molar-refractivity contribution in [3.05, 3.63) is 64.1 Å². The number of nitrogens with one attached hydrogen (secondary N) is 1. The third-order valence-corrected chi connectivity index (χ3v) is 4.13. The van der Waals surface area contributed by atoms with Gasteiger partial charge >= 0.3 is 0 Å². The van der Waals surface area contributed by atoms with Crippen molar-refractivity contribution < 1.29 is 9.18 Å². The molecule has 1 aromatic carbocycles. The van der Waals surface area contributed by atoms with Crippen LogP contribution in [-0.4, -0.2) is 23.9 Å². The average Bonchev–Trinajstić information content (AvgIpc) is 2.87. The normalized spacial score (nSPS) is 10.7. The Bertz CT molecular complexity index is 659. The molecule has 0 spiro atoms. The Morgan fingerprint density at radius 1 is 1.36 bits per heavy atom. The number of hydrogen-bond donors (Lipinski definition) is 1. The Balaban J connectivity index is 1.96. The highest BCUT2D eigenvalue weighted by atomic mass is 35.5. The van der Waals surface area contributed by atoms with Gasteiger partial charge in [-0.15, -0.1) is 17.9 Å². The average molecular weight is 339 g/mol. The molecule has 1 aromatic heterocycles. The van der Waals surface area contributed by atoms with Crippen LogP contribution in [0.2, 0.25) is 4.34 Å². The molecule has 0 bridgehead atoms. The van der Waals surface area contributed by atoms with Gasteiger partial charge in [0.2, 0.25) is 5.91 Å². The first-order valence-electron chi connectivity index (χ1n) is 6.70. The van der Waals surface area contributed by atoms with E-state index in [1.54, 1.807) is 18.2 Å². The van der Waals surface area contributed by atoms with Crippen molar-refractivity contribution >= 4 is 34.5 Å². The Labute approximate surface area is 138 Å². The predicted octanol–water partition coefficient (Wildman–Crippen LogP) is 4.17. The maximum absolute atomic E-state index is 13.5. The monoisotopic (exact) mass is 338 g/mol. The van der Waals surface area contributed by atoms with E-state index in [-0.39, 0.29) is 18.1 Å². The second kappa shape index (κ2) is 8.08. The van der Waals surface area contributed by atoms with Crippen LogP contribution in [0.3, 0.4) is 0 Å². The van der Waals surface area contributed by atoms with Gasteiger partial charge < -0.3 is 5.32 Å². The lowest BCUT2D eigenvalue weighted by Gasteiger charge is -2.19. The molecule has 2 aromatic rings. The van der Waals surface area contributed by atoms with Crippen molar-refractivity contribution in [3.63, 3.8) is 0 Å². The number of carbonyl (C=O) groups excluding carboxylic acids is 1. The van der Waals surface area contributed by atoms with Gasteiger partial charge in [0.05, 0.1) is 16.6 Å². The summed E-state index contributed by atoms with van der Waals surface area (Å²) in [6, 6.07) is 9.85. The quantitative estimate of drug-likeness (QED) is 0.768. The third-order valence-electron chi connectivity index (χ3n) is 2.91. The van der Waals surface area contributed by atoms with E-state index in [0.717, 1.165) is 4.88 Å². The van der Waals surface area contributed by atoms with Gasteiger partial charge in [-0.1, -0.05) is 29.8 Å². The molecule has 0 aliphatic rings. The van der Waals surface area contributed by atoms with E-state index in [4.69, 9.17) is 11.6 Å². The van der Waals surface area contributed by atoms with Gasteiger partial charge in [-0.05, 0) is 24.3 Å². The minimum absolute atomic E-state index is 0.149. The van der Waals surface area contributed by atoms with Crippen LogP contribution in [-0.2, 0) is 11.3 Å². The van der Waals surface area contributed by atoms with E-state index in [1.165, 1.54) is 23.5 Å². The molecule has 0 atom stereocenters. The summed E-state index contributed by atoms with van der Waals surface area (Å²) in [6.07, 6.45) is 1.73. The van der Waals surface area contributed by atoms with Crippen molar-refractivity contribution in [1.29, 1.82) is 0 Å². The van der Waals surface area contributed by atoms with E-state index >= 15 is 0 Å². The summed E-state index contributed by atoms with van der Waals surface area (Å²) in [4.78, 5) is 15.0. The van der Waals surface area contributed by atoms with Gasteiger partial charge in [-0.25, -0.2) is 4.39 Å². The lowest BCUT2D eigenvalue weighted by Crippen LogP contribution is -2.33. The number of anilines is 1. The molecule has 0 unspecified atom stereocenters. The van der Waals surface area contributed by atoms with Gasteiger partial charge in [0.15, 0.2) is 0 Å². The molecule has 0 saturated heterocycles. The molecular weight excluding hydrogens is 323 g/mol. The number of halogens is 2. The minimum Gasteiger partial charge on any atom is -0.322 e. The van der Waals surface area contributed by atoms with E-state index in [0.29, 0.717) is 17.4 Å². The second-order valence-electron chi connectivity index (χ2n) is 4.69. The molecule has 0 aliphatic heterocycles. The van der Waals surface area contributed by atoms with Gasteiger partial charge in [-0.3, -0.25) is 9.69 Å². The van der Waals surface area contributed by atoms with Crippen LogP contribution in [0, 0.1) is 5.82 Å². The highest BCUT2D eigenvalue weighted by Gasteiger charge is 2.13. The van der Waals surface area contributed by atoms with Gasteiger partial charge in [-0.2, -0.15) is 0 Å². The summed E-state index contributed by atoms with van der Waals surface area (Å²) < 4.78 is 14.2. The Hall–Kier alpha value is -1.69. The molecular formula is C16H16ClFN2OS. The lowest BCUT2D eigenvalue weighted by atomic mass is 10.3. The van der Waals surface area contributed by atoms with Crippen molar-refractivity contribution in [2.24, 2.45) is 0 Å². The van der Waals surface area contributed by atoms with E-state index < -0.39 is 5.82 Å². The zero-order valence-corrected chi connectivity index (χ0v) is 13.5. The molecule has 6 heteroatoms. The molecule has 1 heterocycles. The molecule has 0 aliphatic carbocycles. The Kier molecular flexibility index (Phi) is 6.12. The number of nitrogens with zero attached hydrogens (tertiary/aromatic N) is 1. The van der Waals surface area contributed by atoms with Gasteiger partial charge in [0, 0.05) is 18.0 Å². The number of benzene rings is 1. The number of amides is 1. The standard InChI is InChI=1S/C16H16ClFN2OS/c1-2-9-20(10-12-7-8-15(17)22-12)11-16(21)19-14-6-4-3-5-13(14)18/h2-8H,1,9-11H2,(H,19,21). The summed E-state index contributed by atoms with van der Waals surface area (Å²) >= 11 is 7.38. The highest BCUT2D eigenvalue weighted by molar-refractivity contribution is 7.16. The number of rotatable bonds is 7.